The lowest BCUT2D eigenvalue weighted by atomic mass is 10.2. The molecular weight excluding hydrogens is 264 g/mol. The Morgan fingerprint density at radius 1 is 1.15 bits per heavy atom. The molecule has 2 aromatic rings. The lowest BCUT2D eigenvalue weighted by molar-refractivity contribution is 0.581. The van der Waals surface area contributed by atoms with Crippen molar-refractivity contribution in [2.24, 2.45) is 4.99 Å². The number of rotatable bonds is 4. The van der Waals surface area contributed by atoms with Crippen LogP contribution in [0.5, 0.6) is 5.75 Å². The quantitative estimate of drug-likeness (QED) is 0.623. The summed E-state index contributed by atoms with van der Waals surface area (Å²) in [6.07, 6.45) is 1.78. The molecule has 0 aliphatic heterocycles. The van der Waals surface area contributed by atoms with Crippen LogP contribution in [-0.2, 0) is 0 Å². The molecule has 0 aliphatic carbocycles. The minimum atomic E-state index is -0.810. The number of benzene rings is 1. The third kappa shape index (κ3) is 3.54. The maximum Gasteiger partial charge on any atom is 0.274 e. The Bertz CT molecular complexity index is 609. The zero-order valence-corrected chi connectivity index (χ0v) is 13.3. The van der Waals surface area contributed by atoms with Crippen LogP contribution < -0.4 is 4.43 Å². The van der Waals surface area contributed by atoms with Crippen molar-refractivity contribution in [1.82, 2.24) is 4.98 Å². The SMILES string of the molecule is CC(=Nc1c(C)cccc1O[Si](C)C)c1ccccn1. The van der Waals surface area contributed by atoms with Crippen molar-refractivity contribution in [3.63, 3.8) is 0 Å². The molecule has 2 rings (SSSR count). The smallest absolute Gasteiger partial charge is 0.274 e. The lowest BCUT2D eigenvalue weighted by Gasteiger charge is -2.13. The molecule has 20 heavy (non-hydrogen) atoms. The van der Waals surface area contributed by atoms with Crippen molar-refractivity contribution in [2.75, 3.05) is 0 Å². The number of hydrogen-bond acceptors (Lipinski definition) is 3. The summed E-state index contributed by atoms with van der Waals surface area (Å²) in [5.74, 6) is 0.860. The van der Waals surface area contributed by atoms with E-state index in [0.29, 0.717) is 0 Å². The molecule has 0 bridgehead atoms. The van der Waals surface area contributed by atoms with Crippen LogP contribution in [0.2, 0.25) is 13.1 Å². The molecule has 0 spiro atoms. The van der Waals surface area contributed by atoms with Gasteiger partial charge >= 0.3 is 0 Å². The molecule has 1 radical (unpaired) electrons. The van der Waals surface area contributed by atoms with Gasteiger partial charge in [-0.25, -0.2) is 4.99 Å². The highest BCUT2D eigenvalue weighted by molar-refractivity contribution is 6.49. The van der Waals surface area contributed by atoms with Crippen LogP contribution in [0, 0.1) is 6.92 Å². The van der Waals surface area contributed by atoms with Crippen molar-refractivity contribution in [1.29, 1.82) is 0 Å². The highest BCUT2D eigenvalue weighted by Crippen LogP contribution is 2.32. The predicted octanol–water partition coefficient (Wildman–Crippen LogP) is 4.16. The minimum absolute atomic E-state index is 0.810. The van der Waals surface area contributed by atoms with Crippen LogP contribution in [0.25, 0.3) is 0 Å². The molecule has 0 N–H and O–H groups in total. The van der Waals surface area contributed by atoms with E-state index in [-0.39, 0.29) is 0 Å². The van der Waals surface area contributed by atoms with Crippen LogP contribution in [-0.4, -0.2) is 19.7 Å². The summed E-state index contributed by atoms with van der Waals surface area (Å²) in [6, 6.07) is 11.9. The number of aromatic nitrogens is 1. The zero-order chi connectivity index (χ0) is 14.5. The molecule has 0 fully saturated rings. The van der Waals surface area contributed by atoms with Gasteiger partial charge in [0.05, 0.1) is 11.4 Å². The maximum atomic E-state index is 5.94. The monoisotopic (exact) mass is 283 g/mol. The van der Waals surface area contributed by atoms with Crippen molar-refractivity contribution >= 4 is 20.4 Å². The molecule has 1 aromatic carbocycles. The molecule has 0 atom stereocenters. The summed E-state index contributed by atoms with van der Waals surface area (Å²) in [5.41, 5.74) is 3.80. The van der Waals surface area contributed by atoms with E-state index in [9.17, 15) is 0 Å². The van der Waals surface area contributed by atoms with Gasteiger partial charge in [-0.2, -0.15) is 0 Å². The van der Waals surface area contributed by atoms with Gasteiger partial charge in [0.1, 0.15) is 11.4 Å². The van der Waals surface area contributed by atoms with Crippen LogP contribution >= 0.6 is 0 Å². The Labute approximate surface area is 122 Å². The second kappa shape index (κ2) is 6.48. The summed E-state index contributed by atoms with van der Waals surface area (Å²) in [7, 11) is -0.810. The van der Waals surface area contributed by atoms with E-state index in [1.54, 1.807) is 6.20 Å². The van der Waals surface area contributed by atoms with Crippen LogP contribution in [0.3, 0.4) is 0 Å². The fraction of sp³-hybridized carbons (Fsp3) is 0.250. The van der Waals surface area contributed by atoms with E-state index in [4.69, 9.17) is 9.42 Å². The topological polar surface area (TPSA) is 34.5 Å². The summed E-state index contributed by atoms with van der Waals surface area (Å²) in [4.78, 5) is 9.06. The largest absolute Gasteiger partial charge is 0.541 e. The molecule has 1 aromatic heterocycles. The molecule has 0 aliphatic rings. The zero-order valence-electron chi connectivity index (χ0n) is 12.3. The molecule has 103 valence electrons. The van der Waals surface area contributed by atoms with Gasteiger partial charge in [0.25, 0.3) is 9.04 Å². The molecular formula is C16H19N2OSi. The predicted molar refractivity (Wildman–Crippen MR) is 85.4 cm³/mol. The van der Waals surface area contributed by atoms with Crippen LogP contribution in [0.15, 0.2) is 47.6 Å². The average molecular weight is 283 g/mol. The molecule has 4 heteroatoms. The minimum Gasteiger partial charge on any atom is -0.541 e. The fourth-order valence-corrected chi connectivity index (χ4v) is 2.48. The summed E-state index contributed by atoms with van der Waals surface area (Å²) >= 11 is 0. The Morgan fingerprint density at radius 2 is 1.95 bits per heavy atom. The molecule has 0 amide bonds. The molecule has 3 nitrogen and oxygen atoms in total. The second-order valence-electron chi connectivity index (χ2n) is 4.84. The van der Waals surface area contributed by atoms with Crippen molar-refractivity contribution in [2.45, 2.75) is 26.9 Å². The Kier molecular flexibility index (Phi) is 4.68. The molecule has 0 saturated heterocycles. The first-order chi connectivity index (χ1) is 9.58. The van der Waals surface area contributed by atoms with Gasteiger partial charge in [-0.3, -0.25) is 4.98 Å². The number of nitrogens with zero attached hydrogens (tertiary/aromatic N) is 2. The third-order valence-corrected chi connectivity index (χ3v) is 3.46. The van der Waals surface area contributed by atoms with Crippen molar-refractivity contribution in [3.8, 4) is 5.75 Å². The summed E-state index contributed by atoms with van der Waals surface area (Å²) in [5, 5.41) is 0. The highest BCUT2D eigenvalue weighted by Gasteiger charge is 2.09. The first-order valence-corrected chi connectivity index (χ1v) is 9.03. The maximum absolute atomic E-state index is 5.94. The summed E-state index contributed by atoms with van der Waals surface area (Å²) in [6.45, 7) is 8.26. The van der Waals surface area contributed by atoms with Crippen LogP contribution in [0.4, 0.5) is 5.69 Å². The second-order valence-corrected chi connectivity index (χ2v) is 6.86. The van der Waals surface area contributed by atoms with Crippen molar-refractivity contribution < 1.29 is 4.43 Å². The van der Waals surface area contributed by atoms with Gasteiger partial charge in [-0.05, 0) is 50.7 Å². The highest BCUT2D eigenvalue weighted by atomic mass is 28.3. The van der Waals surface area contributed by atoms with E-state index >= 15 is 0 Å². The van der Waals surface area contributed by atoms with E-state index in [0.717, 1.165) is 28.4 Å². The van der Waals surface area contributed by atoms with Gasteiger partial charge in [0.15, 0.2) is 0 Å². The fourth-order valence-electron chi connectivity index (χ4n) is 1.88. The molecule has 0 unspecified atom stereocenters. The third-order valence-electron chi connectivity index (χ3n) is 2.83. The van der Waals surface area contributed by atoms with Crippen molar-refractivity contribution in [3.05, 3.63) is 53.9 Å². The molecule has 0 saturated carbocycles. The number of para-hydroxylation sites is 1. The number of aliphatic imine (C=N–C) groups is 1. The average Bonchev–Trinajstić information content (AvgIpc) is 2.43. The Morgan fingerprint density at radius 3 is 2.60 bits per heavy atom. The van der Waals surface area contributed by atoms with Gasteiger partial charge in [0.2, 0.25) is 0 Å². The summed E-state index contributed by atoms with van der Waals surface area (Å²) < 4.78 is 5.94. The Hall–Kier alpha value is -1.94. The standard InChI is InChI=1S/C16H19N2OSi/c1-12-8-7-10-15(19-20(3)4)16(12)18-13(2)14-9-5-6-11-17-14/h5-11H,1-4H3. The van der Waals surface area contributed by atoms with E-state index < -0.39 is 9.04 Å². The molecule has 1 heterocycles. The van der Waals surface area contributed by atoms with Gasteiger partial charge in [0, 0.05) is 6.20 Å². The van der Waals surface area contributed by atoms with E-state index in [1.165, 1.54) is 0 Å². The van der Waals surface area contributed by atoms with E-state index in [2.05, 4.69) is 31.1 Å². The van der Waals surface area contributed by atoms with Gasteiger partial charge in [-0.1, -0.05) is 18.2 Å². The first-order valence-electron chi connectivity index (χ1n) is 6.62. The lowest BCUT2D eigenvalue weighted by Crippen LogP contribution is -2.11. The number of aryl methyl sites for hydroxylation is 1. The normalized spacial score (nSPS) is 11.8. The number of pyridine rings is 1. The van der Waals surface area contributed by atoms with Crippen LogP contribution in [0.1, 0.15) is 18.2 Å². The van der Waals surface area contributed by atoms with Gasteiger partial charge in [-0.15, -0.1) is 0 Å². The van der Waals surface area contributed by atoms with Gasteiger partial charge < -0.3 is 4.43 Å². The van der Waals surface area contributed by atoms with E-state index in [1.807, 2.05) is 37.3 Å². The first kappa shape index (κ1) is 14.5. The number of hydrogen-bond donors (Lipinski definition) is 0. The Balaban J connectivity index is 2.42.